The molecule has 1 atom stereocenters. The van der Waals surface area contributed by atoms with Gasteiger partial charge in [-0.2, -0.15) is 0 Å². The highest BCUT2D eigenvalue weighted by Crippen LogP contribution is 2.08. The molecule has 15 heavy (non-hydrogen) atoms. The zero-order valence-corrected chi connectivity index (χ0v) is 9.10. The van der Waals surface area contributed by atoms with E-state index in [0.29, 0.717) is 0 Å². The Kier molecular flexibility index (Phi) is 3.14. The molecule has 0 aliphatic carbocycles. The van der Waals surface area contributed by atoms with Crippen LogP contribution in [0.3, 0.4) is 0 Å². The molecular formula is C10H15N3O2. The van der Waals surface area contributed by atoms with Gasteiger partial charge in [0.25, 0.3) is 0 Å². The number of hydrogen-bond acceptors (Lipinski definition) is 3. The molecule has 0 saturated carbocycles. The van der Waals surface area contributed by atoms with E-state index in [4.69, 9.17) is 5.73 Å². The molecule has 0 unspecified atom stereocenters. The predicted molar refractivity (Wildman–Crippen MR) is 58.5 cm³/mol. The summed E-state index contributed by atoms with van der Waals surface area (Å²) in [5.41, 5.74) is 5.40. The van der Waals surface area contributed by atoms with E-state index >= 15 is 0 Å². The lowest BCUT2D eigenvalue weighted by molar-refractivity contribution is -0.131. The molecule has 0 aromatic carbocycles. The van der Waals surface area contributed by atoms with Gasteiger partial charge in [0.2, 0.25) is 11.3 Å². The maximum absolute atomic E-state index is 11.6. The van der Waals surface area contributed by atoms with Crippen molar-refractivity contribution in [3.63, 3.8) is 0 Å². The minimum Gasteiger partial charge on any atom is -0.394 e. The fraction of sp³-hybridized carbons (Fsp3) is 0.400. The lowest BCUT2D eigenvalue weighted by atomic mass is 10.2. The van der Waals surface area contributed by atoms with Gasteiger partial charge in [-0.05, 0) is 6.92 Å². The van der Waals surface area contributed by atoms with Crippen molar-refractivity contribution in [3.05, 3.63) is 28.7 Å². The summed E-state index contributed by atoms with van der Waals surface area (Å²) in [5.74, 6) is -0.0435. The van der Waals surface area contributed by atoms with Gasteiger partial charge >= 0.3 is 0 Å². The maximum atomic E-state index is 11.6. The molecule has 0 radical (unpaired) electrons. The molecule has 0 fully saturated rings. The van der Waals surface area contributed by atoms with E-state index < -0.39 is 0 Å². The summed E-state index contributed by atoms with van der Waals surface area (Å²) in [5, 5.41) is 0. The summed E-state index contributed by atoms with van der Waals surface area (Å²) in [6, 6.07) is 0.997. The zero-order chi connectivity index (χ0) is 11.6. The van der Waals surface area contributed by atoms with E-state index in [1.165, 1.54) is 17.2 Å². The number of carbonyl (C=O) groups is 1. The fourth-order valence-electron chi connectivity index (χ4n) is 1.26. The van der Waals surface area contributed by atoms with Gasteiger partial charge in [0.1, 0.15) is 6.04 Å². The zero-order valence-electron chi connectivity index (χ0n) is 9.10. The molecule has 5 heteroatoms. The van der Waals surface area contributed by atoms with Crippen molar-refractivity contribution < 1.29 is 4.79 Å². The van der Waals surface area contributed by atoms with Crippen LogP contribution < -0.4 is 11.2 Å². The first-order valence-corrected chi connectivity index (χ1v) is 4.62. The first kappa shape index (κ1) is 11.3. The highest BCUT2D eigenvalue weighted by atomic mass is 16.2. The van der Waals surface area contributed by atoms with Crippen LogP contribution in [0, 0.1) is 0 Å². The molecular weight excluding hydrogens is 194 g/mol. The fourth-order valence-corrected chi connectivity index (χ4v) is 1.26. The van der Waals surface area contributed by atoms with Crippen molar-refractivity contribution >= 4 is 11.6 Å². The smallest absolute Gasteiger partial charge is 0.244 e. The second-order valence-corrected chi connectivity index (χ2v) is 3.62. The Morgan fingerprint density at radius 1 is 1.53 bits per heavy atom. The molecule has 0 spiro atoms. The van der Waals surface area contributed by atoms with Crippen LogP contribution >= 0.6 is 0 Å². The predicted octanol–water partition coefficient (Wildman–Crippen LogP) is 0.0797. The van der Waals surface area contributed by atoms with Gasteiger partial charge in [0.05, 0.1) is 5.69 Å². The highest BCUT2D eigenvalue weighted by Gasteiger charge is 2.15. The van der Waals surface area contributed by atoms with Crippen LogP contribution in [0.25, 0.3) is 0 Å². The van der Waals surface area contributed by atoms with Crippen molar-refractivity contribution in [1.82, 2.24) is 9.47 Å². The average Bonchev–Trinajstić information content (AvgIpc) is 2.19. The summed E-state index contributed by atoms with van der Waals surface area (Å²) in [6.45, 7) is 1.76. The Balaban J connectivity index is 3.02. The summed E-state index contributed by atoms with van der Waals surface area (Å²) >= 11 is 0. The summed E-state index contributed by atoms with van der Waals surface area (Å²) in [6.07, 6.45) is 3.04. The molecule has 2 N–H and O–H groups in total. The molecule has 1 aromatic rings. The summed E-state index contributed by atoms with van der Waals surface area (Å²) in [7, 11) is 3.37. The number of carbonyl (C=O) groups excluding carboxylic acids is 1. The molecule has 0 aliphatic heterocycles. The first-order valence-electron chi connectivity index (χ1n) is 4.62. The number of likely N-dealkylation sites (N-methyl/N-ethyl adjacent to an activating group) is 1. The first-order chi connectivity index (χ1) is 6.93. The van der Waals surface area contributed by atoms with Crippen molar-refractivity contribution in [1.29, 1.82) is 0 Å². The van der Waals surface area contributed by atoms with Gasteiger partial charge in [-0.1, -0.05) is 0 Å². The Morgan fingerprint density at radius 3 is 2.60 bits per heavy atom. The second-order valence-electron chi connectivity index (χ2n) is 3.62. The van der Waals surface area contributed by atoms with Gasteiger partial charge in [0.15, 0.2) is 0 Å². The average molecular weight is 209 g/mol. The summed E-state index contributed by atoms with van der Waals surface area (Å²) < 4.78 is 1.62. The topological polar surface area (TPSA) is 68.3 Å². The van der Waals surface area contributed by atoms with Gasteiger partial charge < -0.3 is 15.2 Å². The van der Waals surface area contributed by atoms with Crippen molar-refractivity contribution in [2.75, 3.05) is 19.8 Å². The van der Waals surface area contributed by atoms with E-state index in [9.17, 15) is 9.59 Å². The van der Waals surface area contributed by atoms with Crippen LogP contribution in [-0.4, -0.2) is 29.5 Å². The Morgan fingerprint density at radius 2 is 2.13 bits per heavy atom. The van der Waals surface area contributed by atoms with Crippen LogP contribution in [0.2, 0.25) is 0 Å². The van der Waals surface area contributed by atoms with E-state index in [1.54, 1.807) is 31.8 Å². The summed E-state index contributed by atoms with van der Waals surface area (Å²) in [4.78, 5) is 24.2. The minimum absolute atomic E-state index is 0.0435. The molecule has 1 heterocycles. The third-order valence-electron chi connectivity index (χ3n) is 2.22. The number of pyridine rings is 1. The van der Waals surface area contributed by atoms with Crippen LogP contribution in [0.4, 0.5) is 5.69 Å². The van der Waals surface area contributed by atoms with Gasteiger partial charge in [-0.25, -0.2) is 0 Å². The largest absolute Gasteiger partial charge is 0.394 e. The SMILES string of the molecule is C[C@@H](C(=O)N(C)C)n1ccc(=O)c(N)c1. The van der Waals surface area contributed by atoms with E-state index in [-0.39, 0.29) is 23.1 Å². The number of nitrogens with two attached hydrogens (primary N) is 1. The normalized spacial score (nSPS) is 12.2. The molecule has 0 saturated heterocycles. The molecule has 5 nitrogen and oxygen atoms in total. The number of rotatable bonds is 2. The standard InChI is InChI=1S/C10H15N3O2/c1-7(10(15)12(2)3)13-5-4-9(14)8(11)6-13/h4-7H,11H2,1-3H3/t7-/m0/s1. The third kappa shape index (κ3) is 2.37. The number of amides is 1. The van der Waals surface area contributed by atoms with Gasteiger partial charge in [0, 0.05) is 32.6 Å². The van der Waals surface area contributed by atoms with Gasteiger partial charge in [-0.3, -0.25) is 9.59 Å². The third-order valence-corrected chi connectivity index (χ3v) is 2.22. The van der Waals surface area contributed by atoms with Crippen molar-refractivity contribution in [2.45, 2.75) is 13.0 Å². The van der Waals surface area contributed by atoms with E-state index in [1.807, 2.05) is 0 Å². The lowest BCUT2D eigenvalue weighted by Crippen LogP contribution is -2.30. The van der Waals surface area contributed by atoms with Crippen LogP contribution in [-0.2, 0) is 4.79 Å². The molecule has 82 valence electrons. The Labute approximate surface area is 88.1 Å². The lowest BCUT2D eigenvalue weighted by Gasteiger charge is -2.19. The maximum Gasteiger partial charge on any atom is 0.244 e. The Bertz CT molecular complexity index is 423. The van der Waals surface area contributed by atoms with Gasteiger partial charge in [-0.15, -0.1) is 0 Å². The van der Waals surface area contributed by atoms with Crippen molar-refractivity contribution in [3.8, 4) is 0 Å². The second kappa shape index (κ2) is 4.16. The number of hydrogen-bond donors (Lipinski definition) is 1. The van der Waals surface area contributed by atoms with Crippen LogP contribution in [0.5, 0.6) is 0 Å². The minimum atomic E-state index is -0.358. The van der Waals surface area contributed by atoms with Crippen molar-refractivity contribution in [2.24, 2.45) is 0 Å². The number of nitrogens with zero attached hydrogens (tertiary/aromatic N) is 2. The quantitative estimate of drug-likeness (QED) is 0.750. The number of aromatic nitrogens is 1. The highest BCUT2D eigenvalue weighted by molar-refractivity contribution is 5.79. The monoisotopic (exact) mass is 209 g/mol. The number of anilines is 1. The van der Waals surface area contributed by atoms with Crippen LogP contribution in [0.1, 0.15) is 13.0 Å². The molecule has 0 bridgehead atoms. The Hall–Kier alpha value is -1.78. The van der Waals surface area contributed by atoms with E-state index in [0.717, 1.165) is 0 Å². The van der Waals surface area contributed by atoms with Crippen LogP contribution in [0.15, 0.2) is 23.3 Å². The number of nitrogen functional groups attached to an aromatic ring is 1. The molecule has 1 aromatic heterocycles. The molecule has 1 rings (SSSR count). The molecule has 0 aliphatic rings. The van der Waals surface area contributed by atoms with E-state index in [2.05, 4.69) is 0 Å². The molecule has 1 amide bonds.